The summed E-state index contributed by atoms with van der Waals surface area (Å²) >= 11 is 0. The van der Waals surface area contributed by atoms with Crippen molar-refractivity contribution < 1.29 is 14.3 Å². The molecule has 3 fully saturated rings. The van der Waals surface area contributed by atoms with E-state index in [1.165, 1.54) is 24.8 Å². The molecule has 3 nitrogen and oxygen atoms in total. The zero-order valence-corrected chi connectivity index (χ0v) is 17.6. The molecule has 0 aliphatic heterocycles. The predicted molar refractivity (Wildman–Crippen MR) is 106 cm³/mol. The Kier molecular flexibility index (Phi) is 4.90. The summed E-state index contributed by atoms with van der Waals surface area (Å²) in [5.74, 6) is 2.93. The monoisotopic (exact) mass is 372 g/mol. The Morgan fingerprint density at radius 3 is 2.63 bits per heavy atom. The molecular formula is C24H36O3. The molecule has 0 amide bonds. The molecule has 0 aromatic rings. The van der Waals surface area contributed by atoms with Gasteiger partial charge in [-0.25, -0.2) is 0 Å². The van der Waals surface area contributed by atoms with E-state index >= 15 is 0 Å². The van der Waals surface area contributed by atoms with E-state index in [2.05, 4.69) is 13.8 Å². The van der Waals surface area contributed by atoms with E-state index in [0.717, 1.165) is 38.0 Å². The molecule has 0 aromatic heterocycles. The maximum Gasteiger partial charge on any atom is 0.162 e. The molecule has 0 N–H and O–H groups in total. The highest BCUT2D eigenvalue weighted by Gasteiger charge is 2.59. The minimum Gasteiger partial charge on any atom is -0.371 e. The van der Waals surface area contributed by atoms with E-state index in [1.807, 2.05) is 19.9 Å². The average molecular weight is 373 g/mol. The predicted octanol–water partition coefficient (Wildman–Crippen LogP) is 5.13. The molecule has 27 heavy (non-hydrogen) atoms. The van der Waals surface area contributed by atoms with Crippen LogP contribution in [0.2, 0.25) is 0 Å². The van der Waals surface area contributed by atoms with Crippen molar-refractivity contribution in [2.75, 3.05) is 6.61 Å². The lowest BCUT2D eigenvalue weighted by molar-refractivity contribution is -0.136. The third-order valence-corrected chi connectivity index (χ3v) is 8.91. The first-order chi connectivity index (χ1) is 12.8. The summed E-state index contributed by atoms with van der Waals surface area (Å²) in [7, 11) is 0. The highest BCUT2D eigenvalue weighted by atomic mass is 16.5. The van der Waals surface area contributed by atoms with Crippen molar-refractivity contribution in [3.8, 4) is 0 Å². The van der Waals surface area contributed by atoms with Gasteiger partial charge in [0.15, 0.2) is 11.6 Å². The van der Waals surface area contributed by atoms with E-state index in [1.54, 1.807) is 0 Å². The minimum atomic E-state index is 0.118. The Morgan fingerprint density at radius 2 is 1.89 bits per heavy atom. The van der Waals surface area contributed by atoms with Crippen molar-refractivity contribution in [2.45, 2.75) is 85.2 Å². The maximum absolute atomic E-state index is 12.9. The van der Waals surface area contributed by atoms with Gasteiger partial charge in [-0.3, -0.25) is 9.59 Å². The van der Waals surface area contributed by atoms with Gasteiger partial charge in [0.25, 0.3) is 0 Å². The van der Waals surface area contributed by atoms with E-state index in [0.29, 0.717) is 23.4 Å². The Hall–Kier alpha value is -0.960. The topological polar surface area (TPSA) is 43.4 Å². The molecule has 0 aromatic carbocycles. The second-order valence-electron chi connectivity index (χ2n) is 10.5. The summed E-state index contributed by atoms with van der Waals surface area (Å²) in [5.41, 5.74) is 1.81. The van der Waals surface area contributed by atoms with Crippen LogP contribution in [-0.2, 0) is 14.3 Å². The zero-order valence-electron chi connectivity index (χ0n) is 17.6. The number of ketones is 2. The normalized spacial score (nSPS) is 43.7. The van der Waals surface area contributed by atoms with E-state index in [4.69, 9.17) is 4.74 Å². The SMILES string of the molecule is CC(C)OCC(=O)[C@H]1CC[C@H]2C3CCC4=CC(=O)CC[C@]4(C)C3CC[C@]12C. The second-order valence-corrected chi connectivity index (χ2v) is 10.5. The molecular weight excluding hydrogens is 336 g/mol. The molecule has 0 radical (unpaired) electrons. The van der Waals surface area contributed by atoms with Gasteiger partial charge in [0.05, 0.1) is 6.10 Å². The summed E-state index contributed by atoms with van der Waals surface area (Å²) < 4.78 is 5.66. The number of carbonyl (C=O) groups excluding carboxylic acids is 2. The van der Waals surface area contributed by atoms with Crippen molar-refractivity contribution in [2.24, 2.45) is 34.5 Å². The van der Waals surface area contributed by atoms with Crippen LogP contribution in [0.15, 0.2) is 11.6 Å². The van der Waals surface area contributed by atoms with Gasteiger partial charge in [-0.05, 0) is 93.5 Å². The van der Waals surface area contributed by atoms with Crippen LogP contribution in [-0.4, -0.2) is 24.3 Å². The van der Waals surface area contributed by atoms with Crippen molar-refractivity contribution in [1.29, 1.82) is 0 Å². The summed E-state index contributed by atoms with van der Waals surface area (Å²) in [4.78, 5) is 24.9. The number of rotatable bonds is 4. The number of hydrogen-bond donors (Lipinski definition) is 0. The number of ether oxygens (including phenoxy) is 1. The van der Waals surface area contributed by atoms with Crippen molar-refractivity contribution in [1.82, 2.24) is 0 Å². The van der Waals surface area contributed by atoms with Gasteiger partial charge in [-0.2, -0.15) is 0 Å². The van der Waals surface area contributed by atoms with Gasteiger partial charge < -0.3 is 4.74 Å². The third kappa shape index (κ3) is 3.05. The highest BCUT2D eigenvalue weighted by molar-refractivity contribution is 5.91. The van der Waals surface area contributed by atoms with Gasteiger partial charge in [-0.1, -0.05) is 19.4 Å². The van der Waals surface area contributed by atoms with Crippen molar-refractivity contribution in [3.63, 3.8) is 0 Å². The van der Waals surface area contributed by atoms with E-state index in [9.17, 15) is 9.59 Å². The lowest BCUT2D eigenvalue weighted by Gasteiger charge is -2.58. The molecule has 3 heteroatoms. The largest absolute Gasteiger partial charge is 0.371 e. The first-order valence-electron chi connectivity index (χ1n) is 11.1. The Labute approximate surface area is 164 Å². The van der Waals surface area contributed by atoms with Crippen LogP contribution < -0.4 is 0 Å². The molecule has 2 unspecified atom stereocenters. The molecule has 150 valence electrons. The standard InChI is InChI=1S/C24H36O3/c1-15(2)27-14-22(26)21-8-7-19-18-6-5-16-13-17(25)9-11-23(16,3)20(18)10-12-24(19,21)4/h13,15,18-21H,5-12,14H2,1-4H3/t18?,19-,20?,21+,23-,24-/m0/s1. The molecule has 0 bridgehead atoms. The quantitative estimate of drug-likeness (QED) is 0.687. The fourth-order valence-corrected chi connectivity index (χ4v) is 7.44. The maximum atomic E-state index is 12.9. The van der Waals surface area contributed by atoms with Crippen LogP contribution >= 0.6 is 0 Å². The molecule has 0 spiro atoms. The van der Waals surface area contributed by atoms with Crippen molar-refractivity contribution in [3.05, 3.63) is 11.6 Å². The van der Waals surface area contributed by atoms with Gasteiger partial charge in [0, 0.05) is 12.3 Å². The Balaban J connectivity index is 1.55. The summed E-state index contributed by atoms with van der Waals surface area (Å²) in [6, 6.07) is 0. The zero-order chi connectivity index (χ0) is 19.4. The third-order valence-electron chi connectivity index (χ3n) is 8.91. The smallest absolute Gasteiger partial charge is 0.162 e. The van der Waals surface area contributed by atoms with Crippen LogP contribution in [0.1, 0.15) is 79.1 Å². The highest BCUT2D eigenvalue weighted by Crippen LogP contribution is 2.66. The van der Waals surface area contributed by atoms with Crippen LogP contribution in [0.3, 0.4) is 0 Å². The number of carbonyl (C=O) groups is 2. The molecule has 3 saturated carbocycles. The molecule has 4 rings (SSSR count). The first kappa shape index (κ1) is 19.4. The number of hydrogen-bond acceptors (Lipinski definition) is 3. The fraction of sp³-hybridized carbons (Fsp3) is 0.833. The van der Waals surface area contributed by atoms with Gasteiger partial charge in [0.2, 0.25) is 0 Å². The van der Waals surface area contributed by atoms with Crippen molar-refractivity contribution >= 4 is 11.6 Å². The van der Waals surface area contributed by atoms with Gasteiger partial charge >= 0.3 is 0 Å². The second kappa shape index (κ2) is 6.83. The lowest BCUT2D eigenvalue weighted by Crippen LogP contribution is -2.51. The average Bonchev–Trinajstić information content (AvgIpc) is 2.97. The molecule has 0 heterocycles. The van der Waals surface area contributed by atoms with Crippen LogP contribution in [0, 0.1) is 34.5 Å². The Morgan fingerprint density at radius 1 is 1.11 bits per heavy atom. The lowest BCUT2D eigenvalue weighted by atomic mass is 9.46. The minimum absolute atomic E-state index is 0.118. The van der Waals surface area contributed by atoms with Gasteiger partial charge in [-0.15, -0.1) is 0 Å². The van der Waals surface area contributed by atoms with E-state index < -0.39 is 0 Å². The van der Waals surface area contributed by atoms with E-state index in [-0.39, 0.29) is 29.5 Å². The fourth-order valence-electron chi connectivity index (χ4n) is 7.44. The first-order valence-corrected chi connectivity index (χ1v) is 11.1. The molecule has 4 aliphatic rings. The summed E-state index contributed by atoms with van der Waals surface area (Å²) in [6.07, 6.45) is 10.8. The molecule has 4 aliphatic carbocycles. The van der Waals surface area contributed by atoms with Gasteiger partial charge in [0.1, 0.15) is 6.61 Å². The van der Waals surface area contributed by atoms with Crippen LogP contribution in [0.4, 0.5) is 0 Å². The van der Waals surface area contributed by atoms with Crippen LogP contribution in [0.25, 0.3) is 0 Å². The number of fused-ring (bicyclic) bond motifs is 5. The number of allylic oxidation sites excluding steroid dienone is 1. The summed E-state index contributed by atoms with van der Waals surface area (Å²) in [6.45, 7) is 9.11. The Bertz CT molecular complexity index is 663. The summed E-state index contributed by atoms with van der Waals surface area (Å²) in [5, 5.41) is 0. The van der Waals surface area contributed by atoms with Crippen LogP contribution in [0.5, 0.6) is 0 Å². The number of Topliss-reactive ketones (excluding diaryl/α,β-unsaturated/α-hetero) is 1. The molecule has 6 atom stereocenters. The molecule has 0 saturated heterocycles.